The predicted molar refractivity (Wildman–Crippen MR) is 69.9 cm³/mol. The van der Waals surface area contributed by atoms with Gasteiger partial charge in [-0.25, -0.2) is 13.4 Å². The topological polar surface area (TPSA) is 58.4 Å². The van der Waals surface area contributed by atoms with Crippen molar-refractivity contribution in [3.8, 4) is 0 Å². The lowest BCUT2D eigenvalue weighted by Crippen LogP contribution is -2.48. The highest BCUT2D eigenvalue weighted by atomic mass is 35.5. The zero-order valence-electron chi connectivity index (χ0n) is 10.5. The van der Waals surface area contributed by atoms with Crippen LogP contribution in [0.5, 0.6) is 0 Å². The summed E-state index contributed by atoms with van der Waals surface area (Å²) in [6.45, 7) is 3.21. The molecule has 8 heteroatoms. The van der Waals surface area contributed by atoms with Crippen LogP contribution >= 0.6 is 11.6 Å². The molecule has 1 aromatic heterocycles. The summed E-state index contributed by atoms with van der Waals surface area (Å²) < 4.78 is 26.1. The first-order valence-electron chi connectivity index (χ1n) is 5.71. The summed E-state index contributed by atoms with van der Waals surface area (Å²) in [5, 5.41) is 0.611. The van der Waals surface area contributed by atoms with Crippen molar-refractivity contribution in [1.82, 2.24) is 18.8 Å². The number of hydrogen-bond acceptors (Lipinski definition) is 4. The predicted octanol–water partition coefficient (Wildman–Crippen LogP) is 0.151. The maximum Gasteiger partial charge on any atom is 0.211 e. The average molecular weight is 293 g/mol. The Labute approximate surface area is 112 Å². The molecule has 2 heterocycles. The molecular formula is C10H17ClN4O2S. The van der Waals surface area contributed by atoms with Gasteiger partial charge in [-0.3, -0.25) is 4.90 Å². The summed E-state index contributed by atoms with van der Waals surface area (Å²) >= 11 is 5.92. The van der Waals surface area contributed by atoms with E-state index in [-0.39, 0.29) is 0 Å². The van der Waals surface area contributed by atoms with Gasteiger partial charge in [-0.05, 0) is 0 Å². The summed E-state index contributed by atoms with van der Waals surface area (Å²) in [4.78, 5) is 6.42. The molecule has 1 aliphatic heterocycles. The van der Waals surface area contributed by atoms with Crippen LogP contribution < -0.4 is 0 Å². The molecule has 0 N–H and O–H groups in total. The van der Waals surface area contributed by atoms with Crippen LogP contribution in [0.4, 0.5) is 0 Å². The van der Waals surface area contributed by atoms with Gasteiger partial charge >= 0.3 is 0 Å². The molecule has 102 valence electrons. The summed E-state index contributed by atoms with van der Waals surface area (Å²) in [6.07, 6.45) is 2.88. The van der Waals surface area contributed by atoms with E-state index in [0.717, 1.165) is 18.9 Å². The molecule has 0 spiro atoms. The van der Waals surface area contributed by atoms with Gasteiger partial charge in [0.05, 0.1) is 19.0 Å². The van der Waals surface area contributed by atoms with E-state index < -0.39 is 10.0 Å². The Morgan fingerprint density at radius 2 is 1.94 bits per heavy atom. The van der Waals surface area contributed by atoms with Gasteiger partial charge in [0.2, 0.25) is 10.0 Å². The minimum atomic E-state index is -3.06. The third kappa shape index (κ3) is 3.03. The highest BCUT2D eigenvalue weighted by molar-refractivity contribution is 7.88. The molecule has 0 aromatic carbocycles. The third-order valence-corrected chi connectivity index (χ3v) is 4.85. The second kappa shape index (κ2) is 5.16. The highest BCUT2D eigenvalue weighted by Crippen LogP contribution is 2.13. The molecule has 18 heavy (non-hydrogen) atoms. The number of halogens is 1. The van der Waals surface area contributed by atoms with Crippen LogP contribution in [-0.2, 0) is 23.6 Å². The number of nitrogens with zero attached hydrogens (tertiary/aromatic N) is 4. The third-order valence-electron chi connectivity index (χ3n) is 3.19. The van der Waals surface area contributed by atoms with Crippen molar-refractivity contribution in [2.75, 3.05) is 32.4 Å². The zero-order chi connectivity index (χ0) is 13.3. The summed E-state index contributed by atoms with van der Waals surface area (Å²) in [7, 11) is -1.19. The number of hydrogen-bond donors (Lipinski definition) is 0. The van der Waals surface area contributed by atoms with Gasteiger partial charge in [-0.2, -0.15) is 4.31 Å². The molecule has 6 nitrogen and oxygen atoms in total. The Morgan fingerprint density at radius 1 is 1.33 bits per heavy atom. The van der Waals surface area contributed by atoms with Gasteiger partial charge in [0.15, 0.2) is 0 Å². The Balaban J connectivity index is 1.93. The van der Waals surface area contributed by atoms with E-state index in [2.05, 4.69) is 9.88 Å². The van der Waals surface area contributed by atoms with E-state index in [1.165, 1.54) is 10.6 Å². The van der Waals surface area contributed by atoms with E-state index in [0.29, 0.717) is 24.8 Å². The van der Waals surface area contributed by atoms with Crippen molar-refractivity contribution in [1.29, 1.82) is 0 Å². The quantitative estimate of drug-likeness (QED) is 0.796. The molecule has 0 bridgehead atoms. The monoisotopic (exact) mass is 292 g/mol. The molecule has 0 radical (unpaired) electrons. The largest absolute Gasteiger partial charge is 0.321 e. The number of aromatic nitrogens is 2. The Morgan fingerprint density at radius 3 is 2.39 bits per heavy atom. The van der Waals surface area contributed by atoms with Crippen molar-refractivity contribution in [2.24, 2.45) is 7.05 Å². The smallest absolute Gasteiger partial charge is 0.211 e. The van der Waals surface area contributed by atoms with Crippen LogP contribution in [0.1, 0.15) is 5.82 Å². The first-order chi connectivity index (χ1) is 8.38. The van der Waals surface area contributed by atoms with E-state index >= 15 is 0 Å². The molecule has 1 aliphatic rings. The second-order valence-corrected chi connectivity index (χ2v) is 6.86. The molecule has 1 aromatic rings. The molecule has 0 unspecified atom stereocenters. The Kier molecular flexibility index (Phi) is 3.96. The first kappa shape index (κ1) is 13.8. The van der Waals surface area contributed by atoms with Crippen molar-refractivity contribution in [2.45, 2.75) is 6.54 Å². The first-order valence-corrected chi connectivity index (χ1v) is 7.94. The number of sulfonamides is 1. The summed E-state index contributed by atoms with van der Waals surface area (Å²) in [5.74, 6) is 0.896. The lowest BCUT2D eigenvalue weighted by Gasteiger charge is -2.32. The average Bonchev–Trinajstić information content (AvgIpc) is 2.61. The van der Waals surface area contributed by atoms with Crippen LogP contribution in [0, 0.1) is 0 Å². The van der Waals surface area contributed by atoms with Crippen molar-refractivity contribution in [3.63, 3.8) is 0 Å². The van der Waals surface area contributed by atoms with E-state index in [1.54, 1.807) is 6.20 Å². The van der Waals surface area contributed by atoms with Crippen LogP contribution in [0.2, 0.25) is 5.15 Å². The molecule has 1 fully saturated rings. The van der Waals surface area contributed by atoms with Crippen LogP contribution in [0.3, 0.4) is 0 Å². The zero-order valence-corrected chi connectivity index (χ0v) is 12.1. The lowest BCUT2D eigenvalue weighted by molar-refractivity contribution is 0.177. The van der Waals surface area contributed by atoms with Gasteiger partial charge in [0, 0.05) is 33.2 Å². The number of piperazine rings is 1. The number of imidazole rings is 1. The van der Waals surface area contributed by atoms with Crippen LogP contribution in [0.25, 0.3) is 0 Å². The normalized spacial score (nSPS) is 19.3. The minimum absolute atomic E-state index is 0.539. The standard InChI is InChI=1S/C10H17ClN4O2S/c1-13-9(11)7-12-10(13)8-14-3-5-15(6-4-14)18(2,16)17/h7H,3-6,8H2,1-2H3. The molecule has 0 aliphatic carbocycles. The second-order valence-electron chi connectivity index (χ2n) is 4.49. The fourth-order valence-electron chi connectivity index (χ4n) is 1.99. The van der Waals surface area contributed by atoms with Gasteiger partial charge in [0.1, 0.15) is 11.0 Å². The minimum Gasteiger partial charge on any atom is -0.321 e. The van der Waals surface area contributed by atoms with Crippen molar-refractivity contribution < 1.29 is 8.42 Å². The lowest BCUT2D eigenvalue weighted by atomic mass is 10.3. The fourth-order valence-corrected chi connectivity index (χ4v) is 2.96. The van der Waals surface area contributed by atoms with E-state index in [4.69, 9.17) is 11.6 Å². The van der Waals surface area contributed by atoms with Crippen molar-refractivity contribution in [3.05, 3.63) is 17.2 Å². The van der Waals surface area contributed by atoms with Gasteiger partial charge < -0.3 is 4.57 Å². The molecule has 0 atom stereocenters. The molecule has 0 saturated carbocycles. The van der Waals surface area contributed by atoms with E-state index in [9.17, 15) is 8.42 Å². The Hall–Kier alpha value is -0.630. The van der Waals surface area contributed by atoms with Crippen LogP contribution in [0.15, 0.2) is 6.20 Å². The van der Waals surface area contributed by atoms with Gasteiger partial charge in [0.25, 0.3) is 0 Å². The summed E-state index contributed by atoms with van der Waals surface area (Å²) in [6, 6.07) is 0. The molecule has 0 amide bonds. The Bertz CT molecular complexity index is 520. The van der Waals surface area contributed by atoms with Gasteiger partial charge in [-0.15, -0.1) is 0 Å². The number of rotatable bonds is 3. The SMILES string of the molecule is Cn1c(Cl)cnc1CN1CCN(S(C)(=O)=O)CC1. The maximum atomic E-state index is 11.4. The molecule has 1 saturated heterocycles. The highest BCUT2D eigenvalue weighted by Gasteiger charge is 2.23. The van der Waals surface area contributed by atoms with E-state index in [1.807, 2.05) is 11.6 Å². The molecular weight excluding hydrogens is 276 g/mol. The van der Waals surface area contributed by atoms with Crippen molar-refractivity contribution >= 4 is 21.6 Å². The fraction of sp³-hybridized carbons (Fsp3) is 0.700. The molecule has 2 rings (SSSR count). The maximum absolute atomic E-state index is 11.4. The van der Waals surface area contributed by atoms with Gasteiger partial charge in [-0.1, -0.05) is 11.6 Å². The summed E-state index contributed by atoms with van der Waals surface area (Å²) in [5.41, 5.74) is 0. The van der Waals surface area contributed by atoms with Crippen LogP contribution in [-0.4, -0.2) is 59.6 Å².